The minimum Gasteiger partial charge on any atom is -0.497 e. The third-order valence-electron chi connectivity index (χ3n) is 5.27. The van der Waals surface area contributed by atoms with Crippen molar-refractivity contribution in [1.29, 1.82) is 0 Å². The van der Waals surface area contributed by atoms with Crippen LogP contribution in [0.25, 0.3) is 6.08 Å². The number of amides is 5. The molecule has 0 spiro atoms. The van der Waals surface area contributed by atoms with Crippen molar-refractivity contribution in [1.82, 2.24) is 5.32 Å². The lowest BCUT2D eigenvalue weighted by Gasteiger charge is -2.26. The second-order valence-corrected chi connectivity index (χ2v) is 9.05. The number of nitrogens with zero attached hydrogens (tertiary/aromatic N) is 1. The predicted molar refractivity (Wildman–Crippen MR) is 144 cm³/mol. The molecule has 0 aliphatic carbocycles. The van der Waals surface area contributed by atoms with Gasteiger partial charge in [0.2, 0.25) is 0 Å². The number of hydrogen-bond donors (Lipinski definition) is 2. The molecule has 3 aromatic carbocycles. The smallest absolute Gasteiger partial charge is 0.335 e. The molecule has 5 amide bonds. The number of barbiturate groups is 1. The highest BCUT2D eigenvalue weighted by molar-refractivity contribution is 6.42. The first kappa shape index (κ1) is 27.0. The minimum absolute atomic E-state index is 0.166. The quantitative estimate of drug-likeness (QED) is 0.291. The number of hydrogen-bond acceptors (Lipinski definition) is 6. The summed E-state index contributed by atoms with van der Waals surface area (Å²) in [6.07, 6.45) is 1.23. The maximum atomic E-state index is 13.2. The molecule has 1 aliphatic heterocycles. The first-order valence-electron chi connectivity index (χ1n) is 10.9. The van der Waals surface area contributed by atoms with E-state index in [1.165, 1.54) is 55.7 Å². The van der Waals surface area contributed by atoms with Gasteiger partial charge in [0.05, 0.1) is 22.8 Å². The van der Waals surface area contributed by atoms with Gasteiger partial charge in [0, 0.05) is 16.3 Å². The van der Waals surface area contributed by atoms with Crippen molar-refractivity contribution in [2.45, 2.75) is 0 Å². The summed E-state index contributed by atoms with van der Waals surface area (Å²) in [5, 5.41) is 5.67. The lowest BCUT2D eigenvalue weighted by atomic mass is 10.1. The molecule has 194 valence electrons. The number of ether oxygens (including phenoxy) is 2. The topological polar surface area (TPSA) is 114 Å². The van der Waals surface area contributed by atoms with Gasteiger partial charge in [-0.2, -0.15) is 0 Å². The van der Waals surface area contributed by atoms with Crippen LogP contribution >= 0.6 is 34.8 Å². The van der Waals surface area contributed by atoms with Gasteiger partial charge in [0.15, 0.2) is 6.61 Å². The minimum atomic E-state index is -0.899. The molecular weight excluding hydrogens is 557 g/mol. The van der Waals surface area contributed by atoms with Crippen LogP contribution in [0.4, 0.5) is 16.2 Å². The molecule has 1 saturated heterocycles. The molecule has 1 heterocycles. The molecule has 1 fully saturated rings. The third kappa shape index (κ3) is 6.08. The van der Waals surface area contributed by atoms with Crippen LogP contribution < -0.4 is 25.0 Å². The molecule has 3 aromatic rings. The predicted octanol–water partition coefficient (Wildman–Crippen LogP) is 5.34. The summed E-state index contributed by atoms with van der Waals surface area (Å²) in [4.78, 5) is 51.5. The molecule has 12 heteroatoms. The molecule has 0 bridgehead atoms. The molecule has 0 atom stereocenters. The number of anilines is 2. The second kappa shape index (κ2) is 11.6. The number of imide groups is 2. The fourth-order valence-electron chi connectivity index (χ4n) is 3.46. The fourth-order valence-corrected chi connectivity index (χ4v) is 3.94. The molecule has 0 saturated carbocycles. The monoisotopic (exact) mass is 573 g/mol. The first-order chi connectivity index (χ1) is 18.2. The van der Waals surface area contributed by atoms with E-state index in [9.17, 15) is 19.2 Å². The highest BCUT2D eigenvalue weighted by atomic mass is 35.5. The SMILES string of the molecule is COc1ccc(N2C(=O)NC(=O)/C(=C\c3cc(Cl)ccc3OCC(=O)Nc3ccc(Cl)c(Cl)c3)C2=O)cc1. The van der Waals surface area contributed by atoms with Gasteiger partial charge < -0.3 is 14.8 Å². The maximum Gasteiger partial charge on any atom is 0.335 e. The molecule has 0 radical (unpaired) electrons. The molecule has 1 aliphatic rings. The van der Waals surface area contributed by atoms with Gasteiger partial charge in [-0.1, -0.05) is 34.8 Å². The van der Waals surface area contributed by atoms with E-state index in [0.29, 0.717) is 16.5 Å². The largest absolute Gasteiger partial charge is 0.497 e. The Kier molecular flexibility index (Phi) is 8.21. The van der Waals surface area contributed by atoms with E-state index in [1.807, 2.05) is 0 Å². The van der Waals surface area contributed by atoms with Gasteiger partial charge in [-0.15, -0.1) is 0 Å². The number of methoxy groups -OCH3 is 1. The van der Waals surface area contributed by atoms with Crippen LogP contribution in [-0.4, -0.2) is 37.5 Å². The van der Waals surface area contributed by atoms with Crippen molar-refractivity contribution in [2.24, 2.45) is 0 Å². The number of carbonyl (C=O) groups is 4. The van der Waals surface area contributed by atoms with Gasteiger partial charge in [-0.25, -0.2) is 9.69 Å². The zero-order valence-corrected chi connectivity index (χ0v) is 21.9. The van der Waals surface area contributed by atoms with Gasteiger partial charge in [0.25, 0.3) is 17.7 Å². The number of urea groups is 1. The molecule has 2 N–H and O–H groups in total. The van der Waals surface area contributed by atoms with E-state index in [2.05, 4.69) is 10.6 Å². The number of benzene rings is 3. The summed E-state index contributed by atoms with van der Waals surface area (Å²) in [5.74, 6) is -1.56. The fraction of sp³-hybridized carbons (Fsp3) is 0.0769. The van der Waals surface area contributed by atoms with E-state index in [0.717, 1.165) is 4.90 Å². The van der Waals surface area contributed by atoms with Crippen LogP contribution in [0.2, 0.25) is 15.1 Å². The average Bonchev–Trinajstić information content (AvgIpc) is 2.88. The van der Waals surface area contributed by atoms with Crippen molar-refractivity contribution in [3.05, 3.63) is 86.9 Å². The Bertz CT molecular complexity index is 1470. The summed E-state index contributed by atoms with van der Waals surface area (Å²) < 4.78 is 10.7. The Balaban J connectivity index is 1.56. The van der Waals surface area contributed by atoms with Crippen molar-refractivity contribution in [3.63, 3.8) is 0 Å². The van der Waals surface area contributed by atoms with E-state index in [1.54, 1.807) is 18.2 Å². The lowest BCUT2D eigenvalue weighted by molar-refractivity contribution is -0.122. The van der Waals surface area contributed by atoms with Crippen molar-refractivity contribution in [3.8, 4) is 11.5 Å². The van der Waals surface area contributed by atoms with Crippen LogP contribution in [0, 0.1) is 0 Å². The van der Waals surface area contributed by atoms with Crippen molar-refractivity contribution in [2.75, 3.05) is 23.9 Å². The summed E-state index contributed by atoms with van der Waals surface area (Å²) in [5.41, 5.74) is 0.544. The van der Waals surface area contributed by atoms with E-state index >= 15 is 0 Å². The number of halogens is 3. The third-order valence-corrected chi connectivity index (χ3v) is 6.24. The lowest BCUT2D eigenvalue weighted by Crippen LogP contribution is -2.54. The molecule has 4 rings (SSSR count). The first-order valence-corrected chi connectivity index (χ1v) is 12.0. The van der Waals surface area contributed by atoms with Crippen LogP contribution in [0.3, 0.4) is 0 Å². The van der Waals surface area contributed by atoms with Gasteiger partial charge in [-0.05, 0) is 66.7 Å². The van der Waals surface area contributed by atoms with E-state index in [4.69, 9.17) is 44.3 Å². The molecule has 0 unspecified atom stereocenters. The average molecular weight is 575 g/mol. The van der Waals surface area contributed by atoms with Gasteiger partial charge in [0.1, 0.15) is 17.1 Å². The standard InChI is InChI=1S/C26H18Cl3N3O6/c1-37-18-6-4-17(5-7-18)32-25(35)19(24(34)31-26(32)36)11-14-10-15(27)2-9-22(14)38-13-23(33)30-16-3-8-20(28)21(29)12-16/h2-12H,13H2,1H3,(H,30,33)(H,31,34,36)/b19-11+. The molecule has 38 heavy (non-hydrogen) atoms. The summed E-state index contributed by atoms with van der Waals surface area (Å²) >= 11 is 18.0. The number of carbonyl (C=O) groups excluding carboxylic acids is 4. The maximum absolute atomic E-state index is 13.2. The van der Waals surface area contributed by atoms with Crippen LogP contribution in [0.5, 0.6) is 11.5 Å². The Morgan fingerprint density at radius 3 is 2.39 bits per heavy atom. The highest BCUT2D eigenvalue weighted by Crippen LogP contribution is 2.29. The summed E-state index contributed by atoms with van der Waals surface area (Å²) in [6.45, 7) is -0.408. The van der Waals surface area contributed by atoms with Crippen LogP contribution in [0.15, 0.2) is 66.2 Å². The normalized spacial score (nSPS) is 14.4. The van der Waals surface area contributed by atoms with Gasteiger partial charge in [-0.3, -0.25) is 19.7 Å². The number of rotatable bonds is 7. The Morgan fingerprint density at radius 2 is 1.71 bits per heavy atom. The zero-order chi connectivity index (χ0) is 27.4. The Morgan fingerprint density at radius 1 is 0.974 bits per heavy atom. The van der Waals surface area contributed by atoms with Crippen molar-refractivity contribution >= 4 is 76.0 Å². The molecular formula is C26H18Cl3N3O6. The van der Waals surface area contributed by atoms with E-state index in [-0.39, 0.29) is 32.6 Å². The summed E-state index contributed by atoms with van der Waals surface area (Å²) in [7, 11) is 1.48. The molecule has 9 nitrogen and oxygen atoms in total. The summed E-state index contributed by atoms with van der Waals surface area (Å²) in [6, 6.07) is 14.3. The number of nitrogens with one attached hydrogen (secondary N) is 2. The highest BCUT2D eigenvalue weighted by Gasteiger charge is 2.37. The van der Waals surface area contributed by atoms with Crippen LogP contribution in [0.1, 0.15) is 5.56 Å². The Labute approximate surface area is 231 Å². The Hall–Kier alpha value is -4.05. The van der Waals surface area contributed by atoms with Crippen molar-refractivity contribution < 1.29 is 28.7 Å². The van der Waals surface area contributed by atoms with Crippen LogP contribution in [-0.2, 0) is 14.4 Å². The zero-order valence-electron chi connectivity index (χ0n) is 19.6. The second-order valence-electron chi connectivity index (χ2n) is 7.80. The van der Waals surface area contributed by atoms with Gasteiger partial charge >= 0.3 is 6.03 Å². The van der Waals surface area contributed by atoms with E-state index < -0.39 is 30.4 Å². The molecule has 0 aromatic heterocycles.